The van der Waals surface area contributed by atoms with Gasteiger partial charge in [-0.15, -0.1) is 0 Å². The van der Waals surface area contributed by atoms with Gasteiger partial charge in [-0.2, -0.15) is 0 Å². The average Bonchev–Trinajstić information content (AvgIpc) is 3.69. The van der Waals surface area contributed by atoms with E-state index in [9.17, 15) is 14.7 Å². The summed E-state index contributed by atoms with van der Waals surface area (Å²) in [6, 6.07) is 33.8. The van der Waals surface area contributed by atoms with Crippen molar-refractivity contribution in [2.24, 2.45) is 29.6 Å². The molecule has 0 radical (unpaired) electrons. The highest BCUT2D eigenvalue weighted by Gasteiger charge is 2.69. The number of imide groups is 2. The Balaban J connectivity index is 1.11. The van der Waals surface area contributed by atoms with Crippen LogP contribution in [0.15, 0.2) is 133 Å². The molecule has 6 atom stereocenters. The summed E-state index contributed by atoms with van der Waals surface area (Å²) in [4.78, 5) is 62.2. The number of nitrogens with zero attached hydrogens (tertiary/aromatic N) is 2. The van der Waals surface area contributed by atoms with Crippen LogP contribution in [-0.4, -0.2) is 50.1 Å². The Labute approximate surface area is 364 Å². The molecule has 62 heavy (non-hydrogen) atoms. The molecule has 4 amide bonds. The number of ether oxygens (including phenoxy) is 3. The third-order valence-corrected chi connectivity index (χ3v) is 13.2. The van der Waals surface area contributed by atoms with Gasteiger partial charge in [0.05, 0.1) is 55.9 Å². The van der Waals surface area contributed by atoms with Gasteiger partial charge in [0.15, 0.2) is 11.5 Å². The minimum atomic E-state index is -1.41. The zero-order valence-corrected chi connectivity index (χ0v) is 35.0. The van der Waals surface area contributed by atoms with Crippen molar-refractivity contribution >= 4 is 64.8 Å². The molecule has 312 valence electrons. The molecule has 2 saturated heterocycles. The van der Waals surface area contributed by atoms with Crippen LogP contribution in [0.1, 0.15) is 35.1 Å². The first-order valence-corrected chi connectivity index (χ1v) is 20.8. The molecule has 0 spiro atoms. The molecule has 0 bridgehead atoms. The molecule has 10 nitrogen and oxygen atoms in total. The van der Waals surface area contributed by atoms with Crippen LogP contribution >= 0.6 is 11.6 Å². The predicted molar refractivity (Wildman–Crippen MR) is 238 cm³/mol. The highest BCUT2D eigenvalue weighted by molar-refractivity contribution is 6.32. The van der Waals surface area contributed by atoms with Crippen LogP contribution < -0.4 is 24.0 Å². The van der Waals surface area contributed by atoms with Gasteiger partial charge < -0.3 is 19.3 Å². The molecule has 6 unspecified atom stereocenters. The Morgan fingerprint density at radius 2 is 1.44 bits per heavy atom. The van der Waals surface area contributed by atoms with Crippen molar-refractivity contribution < 1.29 is 38.5 Å². The van der Waals surface area contributed by atoms with Crippen molar-refractivity contribution in [2.45, 2.75) is 18.3 Å². The minimum Gasteiger partial charge on any atom is -0.504 e. The number of hydrogen-bond acceptors (Lipinski definition) is 8. The first kappa shape index (κ1) is 40.5. The summed E-state index contributed by atoms with van der Waals surface area (Å²) in [5.41, 5.74) is 3.27. The van der Waals surface area contributed by atoms with Crippen LogP contribution in [0.3, 0.4) is 0 Å². The van der Waals surface area contributed by atoms with E-state index in [1.54, 1.807) is 62.8 Å². The van der Waals surface area contributed by atoms with Crippen molar-refractivity contribution in [1.29, 1.82) is 0 Å². The number of halogens is 1. The summed E-state index contributed by atoms with van der Waals surface area (Å²) < 4.78 is 16.3. The van der Waals surface area contributed by atoms with Crippen molar-refractivity contribution in [3.05, 3.63) is 160 Å². The second kappa shape index (κ2) is 16.2. The topological polar surface area (TPSA) is 123 Å². The first-order chi connectivity index (χ1) is 30.1. The number of rotatable bonds is 10. The molecular weight excluding hydrogens is 804 g/mol. The Morgan fingerprint density at radius 3 is 2.16 bits per heavy atom. The molecule has 11 heteroatoms. The maximum Gasteiger partial charge on any atom is 0.246 e. The number of aromatic hydroxyl groups is 1. The number of amides is 4. The number of phenols is 1. The van der Waals surface area contributed by atoms with E-state index in [4.69, 9.17) is 25.8 Å². The zero-order valence-electron chi connectivity index (χ0n) is 34.2. The van der Waals surface area contributed by atoms with Gasteiger partial charge in [-0.25, -0.2) is 4.90 Å². The zero-order chi connectivity index (χ0) is 43.3. The number of methoxy groups -OCH3 is 3. The van der Waals surface area contributed by atoms with Gasteiger partial charge in [-0.3, -0.25) is 24.1 Å². The molecular formula is C51H43ClN2O8. The van der Waals surface area contributed by atoms with E-state index in [0.29, 0.717) is 39.0 Å². The van der Waals surface area contributed by atoms with Crippen LogP contribution in [0.25, 0.3) is 18.2 Å². The van der Waals surface area contributed by atoms with Gasteiger partial charge in [0.25, 0.3) is 0 Å². The van der Waals surface area contributed by atoms with Gasteiger partial charge in [0.1, 0.15) is 11.5 Å². The number of benzene rings is 5. The third kappa shape index (κ3) is 6.57. The van der Waals surface area contributed by atoms with Gasteiger partial charge in [0, 0.05) is 16.5 Å². The lowest BCUT2D eigenvalue weighted by Crippen LogP contribution is -2.54. The standard InChI is InChI=1S/C51H43ClN2O8/c1-60-37-20-25-44(61-2)32(27-37)17-12-30-13-18-35(19-14-30)53-47(56)39-22-21-38-40(46(39)49(53)58)29-42-48(57)54(36-11-7-10-34(52)28-36)50(59)51(42,33-8-5-4-6-9-33)41(38)23-15-31-16-24-43(55)45(26-31)62-3/h4-21,23-28,39-42,46,55H,22,29H2,1-3H3. The lowest BCUT2D eigenvalue weighted by atomic mass is 9.50. The molecule has 9 rings (SSSR count). The summed E-state index contributed by atoms with van der Waals surface area (Å²) in [5.74, 6) is -3.32. The van der Waals surface area contributed by atoms with E-state index < -0.39 is 46.8 Å². The first-order valence-electron chi connectivity index (χ1n) is 20.4. The van der Waals surface area contributed by atoms with Gasteiger partial charge in [0.2, 0.25) is 23.6 Å². The van der Waals surface area contributed by atoms with Gasteiger partial charge in [-0.1, -0.05) is 102 Å². The van der Waals surface area contributed by atoms with Crippen molar-refractivity contribution in [1.82, 2.24) is 0 Å². The average molecular weight is 847 g/mol. The van der Waals surface area contributed by atoms with Crippen molar-refractivity contribution in [3.8, 4) is 23.0 Å². The summed E-state index contributed by atoms with van der Waals surface area (Å²) >= 11 is 6.45. The molecule has 2 aliphatic carbocycles. The highest BCUT2D eigenvalue weighted by atomic mass is 35.5. The number of hydrogen-bond donors (Lipinski definition) is 1. The van der Waals surface area contributed by atoms with Crippen LogP contribution in [0.5, 0.6) is 23.0 Å². The third-order valence-electron chi connectivity index (χ3n) is 13.0. The van der Waals surface area contributed by atoms with E-state index in [-0.39, 0.29) is 36.2 Å². The van der Waals surface area contributed by atoms with E-state index >= 15 is 9.59 Å². The molecule has 2 aliphatic heterocycles. The maximum absolute atomic E-state index is 15.4. The minimum absolute atomic E-state index is 0.0214. The van der Waals surface area contributed by atoms with Crippen LogP contribution in [0, 0.1) is 29.6 Å². The molecule has 5 aromatic carbocycles. The Morgan fingerprint density at radius 1 is 0.677 bits per heavy atom. The van der Waals surface area contributed by atoms with E-state index in [1.807, 2.05) is 91.0 Å². The van der Waals surface area contributed by atoms with Crippen LogP contribution in [0.2, 0.25) is 5.02 Å². The molecule has 1 N–H and O–H groups in total. The van der Waals surface area contributed by atoms with Crippen molar-refractivity contribution in [3.63, 3.8) is 0 Å². The number of anilines is 2. The number of carbonyl (C=O) groups is 4. The van der Waals surface area contributed by atoms with Gasteiger partial charge in [-0.05, 0) is 96.1 Å². The quantitative estimate of drug-likeness (QED) is 0.0840. The van der Waals surface area contributed by atoms with E-state index in [1.165, 1.54) is 23.0 Å². The fraction of sp³-hybridized carbons (Fsp3) is 0.216. The molecule has 0 aromatic heterocycles. The Bertz CT molecular complexity index is 2710. The molecule has 2 heterocycles. The smallest absolute Gasteiger partial charge is 0.246 e. The van der Waals surface area contributed by atoms with E-state index in [2.05, 4.69) is 0 Å². The SMILES string of the molecule is COc1ccc(OC)c(C=Cc2ccc(N3C(=O)C4CC=C5C(CC6C(=O)N(c7cccc(Cl)c7)C(=O)C6(c6ccccc6)C5C=Cc5ccc(O)c(OC)c5)C4C3=O)cc2)c1. The largest absolute Gasteiger partial charge is 0.504 e. The maximum atomic E-state index is 15.4. The number of allylic oxidation sites excluding steroid dienone is 3. The second-order valence-corrected chi connectivity index (χ2v) is 16.4. The predicted octanol–water partition coefficient (Wildman–Crippen LogP) is 9.15. The second-order valence-electron chi connectivity index (χ2n) is 16.0. The molecule has 3 fully saturated rings. The van der Waals surface area contributed by atoms with Crippen LogP contribution in [0.4, 0.5) is 11.4 Å². The summed E-state index contributed by atoms with van der Waals surface area (Å²) in [7, 11) is 4.68. The Hall–Kier alpha value is -6.91. The summed E-state index contributed by atoms with van der Waals surface area (Å²) in [6.45, 7) is 0. The monoisotopic (exact) mass is 846 g/mol. The van der Waals surface area contributed by atoms with E-state index in [0.717, 1.165) is 16.7 Å². The number of carbonyl (C=O) groups excluding carboxylic acids is 4. The Kier molecular flexibility index (Phi) is 10.6. The normalized spacial score (nSPS) is 24.3. The fourth-order valence-corrected chi connectivity index (χ4v) is 10.3. The fourth-order valence-electron chi connectivity index (χ4n) is 10.1. The number of phenolic OH excluding ortho intramolecular Hbond substituents is 1. The highest BCUT2D eigenvalue weighted by Crippen LogP contribution is 2.62. The number of fused-ring (bicyclic) bond motifs is 4. The lowest BCUT2D eigenvalue weighted by Gasteiger charge is -2.49. The van der Waals surface area contributed by atoms with Crippen molar-refractivity contribution in [2.75, 3.05) is 31.1 Å². The van der Waals surface area contributed by atoms with Gasteiger partial charge >= 0.3 is 0 Å². The molecule has 1 saturated carbocycles. The summed E-state index contributed by atoms with van der Waals surface area (Å²) in [6.07, 6.45) is 10.1. The lowest BCUT2D eigenvalue weighted by molar-refractivity contribution is -0.128. The molecule has 4 aliphatic rings. The molecule has 5 aromatic rings. The van der Waals surface area contributed by atoms with Crippen LogP contribution in [-0.2, 0) is 24.6 Å². The summed E-state index contributed by atoms with van der Waals surface area (Å²) in [5, 5.41) is 10.7.